The summed E-state index contributed by atoms with van der Waals surface area (Å²) in [5.41, 5.74) is 0.838. The van der Waals surface area contributed by atoms with Crippen molar-refractivity contribution in [2.24, 2.45) is 0 Å². The zero-order valence-corrected chi connectivity index (χ0v) is 14.6. The van der Waals surface area contributed by atoms with E-state index >= 15 is 0 Å². The Balaban J connectivity index is 1.80. The zero-order valence-electron chi connectivity index (χ0n) is 13.9. The summed E-state index contributed by atoms with van der Waals surface area (Å²) in [5, 5.41) is 10.3. The summed E-state index contributed by atoms with van der Waals surface area (Å²) in [7, 11) is 0. The number of halogens is 1. The predicted molar refractivity (Wildman–Crippen MR) is 93.0 cm³/mol. The third kappa shape index (κ3) is 3.91. The van der Waals surface area contributed by atoms with Gasteiger partial charge in [0.25, 0.3) is 0 Å². The van der Waals surface area contributed by atoms with E-state index < -0.39 is 6.10 Å². The number of aliphatic hydroxyl groups is 1. The number of likely N-dealkylation sites (tertiary alicyclic amines) is 1. The summed E-state index contributed by atoms with van der Waals surface area (Å²) < 4.78 is 5.70. The summed E-state index contributed by atoms with van der Waals surface area (Å²) in [6.07, 6.45) is 3.12. The van der Waals surface area contributed by atoms with Crippen LogP contribution in [0.4, 0.5) is 0 Å². The van der Waals surface area contributed by atoms with Crippen molar-refractivity contribution in [2.75, 3.05) is 39.4 Å². The van der Waals surface area contributed by atoms with Crippen molar-refractivity contribution in [3.05, 3.63) is 34.9 Å². The number of aliphatic hydroxyl groups excluding tert-OH is 1. The first-order chi connectivity index (χ1) is 11.7. The van der Waals surface area contributed by atoms with Crippen molar-refractivity contribution >= 4 is 17.5 Å². The maximum atomic E-state index is 12.9. The molecule has 0 bridgehead atoms. The number of carbonyl (C=O) groups excluding carboxylic acids is 1. The summed E-state index contributed by atoms with van der Waals surface area (Å²) in [4.78, 5) is 17.0. The van der Waals surface area contributed by atoms with Crippen molar-refractivity contribution in [1.29, 1.82) is 0 Å². The van der Waals surface area contributed by atoms with Gasteiger partial charge < -0.3 is 14.7 Å². The van der Waals surface area contributed by atoms with Crippen molar-refractivity contribution in [2.45, 2.75) is 31.4 Å². The molecule has 2 atom stereocenters. The molecule has 2 saturated heterocycles. The molecule has 24 heavy (non-hydrogen) atoms. The number of piperidine rings is 1. The Morgan fingerprint density at radius 3 is 2.67 bits per heavy atom. The molecule has 1 amide bonds. The predicted octanol–water partition coefficient (Wildman–Crippen LogP) is 2.09. The van der Waals surface area contributed by atoms with Gasteiger partial charge >= 0.3 is 0 Å². The summed E-state index contributed by atoms with van der Waals surface area (Å²) in [6.45, 7) is 3.23. The first kappa shape index (κ1) is 17.7. The van der Waals surface area contributed by atoms with Gasteiger partial charge in [0.05, 0.1) is 25.8 Å². The van der Waals surface area contributed by atoms with Crippen molar-refractivity contribution < 1.29 is 14.6 Å². The minimum absolute atomic E-state index is 0.0866. The van der Waals surface area contributed by atoms with Crippen molar-refractivity contribution in [1.82, 2.24) is 9.80 Å². The molecule has 2 heterocycles. The van der Waals surface area contributed by atoms with Crippen LogP contribution in [-0.4, -0.2) is 66.3 Å². The Bertz CT molecular complexity index is 563. The van der Waals surface area contributed by atoms with Gasteiger partial charge in [-0.2, -0.15) is 0 Å². The molecule has 2 fully saturated rings. The van der Waals surface area contributed by atoms with Gasteiger partial charge in [0.1, 0.15) is 6.10 Å². The molecule has 6 heteroatoms. The first-order valence-electron chi connectivity index (χ1n) is 8.69. The smallest absolute Gasteiger partial charge is 0.237 e. The van der Waals surface area contributed by atoms with Gasteiger partial charge in [0.15, 0.2) is 0 Å². The number of hydrogen-bond acceptors (Lipinski definition) is 4. The highest BCUT2D eigenvalue weighted by Crippen LogP contribution is 2.34. The highest BCUT2D eigenvalue weighted by Gasteiger charge is 2.37. The van der Waals surface area contributed by atoms with Crippen LogP contribution in [0.25, 0.3) is 0 Å². The molecule has 0 radical (unpaired) electrons. The van der Waals surface area contributed by atoms with Gasteiger partial charge in [0.2, 0.25) is 5.91 Å². The van der Waals surface area contributed by atoms with Gasteiger partial charge in [-0.15, -0.1) is 0 Å². The quantitative estimate of drug-likeness (QED) is 0.901. The number of carbonyl (C=O) groups is 1. The highest BCUT2D eigenvalue weighted by molar-refractivity contribution is 6.31. The fourth-order valence-corrected chi connectivity index (χ4v) is 3.90. The standard InChI is InChI=1S/C18H25ClN2O3/c19-15-7-3-2-6-14(15)18-16(13-22)24-11-10-21(18)17(23)12-20-8-4-1-5-9-20/h2-3,6-7,16,18,22H,1,4-5,8-13H2/t16-,18-/m0/s1. The Kier molecular flexibility index (Phi) is 6.11. The molecular weight excluding hydrogens is 328 g/mol. The molecule has 1 aromatic carbocycles. The van der Waals surface area contributed by atoms with Crippen LogP contribution in [0.3, 0.4) is 0 Å². The number of nitrogens with zero attached hydrogens (tertiary/aromatic N) is 2. The minimum atomic E-state index is -0.441. The van der Waals surface area contributed by atoms with E-state index in [4.69, 9.17) is 16.3 Å². The lowest BCUT2D eigenvalue weighted by molar-refractivity contribution is -0.151. The molecule has 0 spiro atoms. The molecule has 0 unspecified atom stereocenters. The van der Waals surface area contributed by atoms with E-state index in [1.54, 1.807) is 0 Å². The second-order valence-corrected chi connectivity index (χ2v) is 6.89. The Labute approximate surface area is 148 Å². The monoisotopic (exact) mass is 352 g/mol. The molecule has 1 aromatic rings. The van der Waals surface area contributed by atoms with Gasteiger partial charge in [-0.3, -0.25) is 9.69 Å². The van der Waals surface area contributed by atoms with Crippen LogP contribution in [0.2, 0.25) is 5.02 Å². The number of hydrogen-bond donors (Lipinski definition) is 1. The average molecular weight is 353 g/mol. The van der Waals surface area contributed by atoms with Gasteiger partial charge in [-0.25, -0.2) is 0 Å². The molecule has 5 nitrogen and oxygen atoms in total. The Morgan fingerprint density at radius 1 is 1.21 bits per heavy atom. The topological polar surface area (TPSA) is 53.0 Å². The van der Waals surface area contributed by atoms with E-state index in [0.717, 1.165) is 31.5 Å². The fraction of sp³-hybridized carbons (Fsp3) is 0.611. The van der Waals surface area contributed by atoms with Crippen LogP contribution < -0.4 is 0 Å². The second-order valence-electron chi connectivity index (χ2n) is 6.48. The normalized spacial score (nSPS) is 25.7. The molecule has 0 aromatic heterocycles. The molecular formula is C18H25ClN2O3. The third-order valence-corrected chi connectivity index (χ3v) is 5.23. The van der Waals surface area contributed by atoms with Gasteiger partial charge in [-0.05, 0) is 37.6 Å². The summed E-state index contributed by atoms with van der Waals surface area (Å²) >= 11 is 6.36. The van der Waals surface area contributed by atoms with E-state index in [1.807, 2.05) is 29.2 Å². The van der Waals surface area contributed by atoms with Crippen LogP contribution in [0, 0.1) is 0 Å². The molecule has 0 saturated carbocycles. The van der Waals surface area contributed by atoms with Crippen LogP contribution >= 0.6 is 11.6 Å². The fourth-order valence-electron chi connectivity index (χ4n) is 3.65. The van der Waals surface area contributed by atoms with Gasteiger partial charge in [-0.1, -0.05) is 36.2 Å². The van der Waals surface area contributed by atoms with Crippen LogP contribution in [0.1, 0.15) is 30.9 Å². The number of benzene rings is 1. The molecule has 1 N–H and O–H groups in total. The molecule has 3 rings (SSSR count). The van der Waals surface area contributed by atoms with E-state index in [-0.39, 0.29) is 18.6 Å². The van der Waals surface area contributed by atoms with E-state index in [0.29, 0.717) is 24.7 Å². The summed E-state index contributed by atoms with van der Waals surface area (Å²) in [5.74, 6) is 0.0866. The summed E-state index contributed by atoms with van der Waals surface area (Å²) in [6, 6.07) is 7.15. The van der Waals surface area contributed by atoms with Crippen LogP contribution in [0.5, 0.6) is 0 Å². The molecule has 2 aliphatic heterocycles. The van der Waals surface area contributed by atoms with E-state index in [2.05, 4.69) is 4.90 Å². The highest BCUT2D eigenvalue weighted by atomic mass is 35.5. The number of ether oxygens (including phenoxy) is 1. The van der Waals surface area contributed by atoms with Crippen LogP contribution in [0.15, 0.2) is 24.3 Å². The number of amides is 1. The lowest BCUT2D eigenvalue weighted by Gasteiger charge is -2.42. The number of rotatable bonds is 4. The van der Waals surface area contributed by atoms with Crippen molar-refractivity contribution in [3.63, 3.8) is 0 Å². The Hall–Kier alpha value is -1.14. The third-order valence-electron chi connectivity index (χ3n) is 4.88. The maximum Gasteiger partial charge on any atom is 0.237 e. The number of morpholine rings is 1. The SMILES string of the molecule is O=C(CN1CCCCC1)N1CCO[C@@H](CO)[C@@H]1c1ccccc1Cl. The van der Waals surface area contributed by atoms with Crippen molar-refractivity contribution in [3.8, 4) is 0 Å². The average Bonchev–Trinajstić information content (AvgIpc) is 2.62. The molecule has 0 aliphatic carbocycles. The van der Waals surface area contributed by atoms with Crippen LogP contribution in [-0.2, 0) is 9.53 Å². The van der Waals surface area contributed by atoms with Gasteiger partial charge in [0, 0.05) is 11.6 Å². The minimum Gasteiger partial charge on any atom is -0.394 e. The van der Waals surface area contributed by atoms with E-state index in [9.17, 15) is 9.90 Å². The Morgan fingerprint density at radius 2 is 1.96 bits per heavy atom. The van der Waals surface area contributed by atoms with E-state index in [1.165, 1.54) is 6.42 Å². The zero-order chi connectivity index (χ0) is 16.9. The second kappa shape index (κ2) is 8.30. The molecule has 2 aliphatic rings. The lowest BCUT2D eigenvalue weighted by Crippen LogP contribution is -2.52. The largest absolute Gasteiger partial charge is 0.394 e. The molecule has 132 valence electrons. The lowest BCUT2D eigenvalue weighted by atomic mass is 9.98. The first-order valence-corrected chi connectivity index (χ1v) is 9.07. The maximum absolute atomic E-state index is 12.9.